The minimum atomic E-state index is -0.982. The van der Waals surface area contributed by atoms with Crippen LogP contribution in [0.4, 0.5) is 4.79 Å². The average Bonchev–Trinajstić information content (AvgIpc) is 2.59. The lowest BCUT2D eigenvalue weighted by molar-refractivity contribution is -0.139. The monoisotopic (exact) mass is 383 g/mol. The van der Waals surface area contributed by atoms with Crippen molar-refractivity contribution >= 4 is 29.4 Å². The SMILES string of the molecule is CCCC(=O)C(CCC)OC(=O)NCCC(C(=O)O)c1ccc(Cl)cc1. The first kappa shape index (κ1) is 22.0. The van der Waals surface area contributed by atoms with E-state index in [1.165, 1.54) is 0 Å². The number of carboxylic acid groups (broad SMARTS) is 1. The molecule has 1 rings (SSSR count). The second-order valence-electron chi connectivity index (χ2n) is 6.06. The fourth-order valence-electron chi connectivity index (χ4n) is 2.57. The van der Waals surface area contributed by atoms with E-state index in [1.807, 2.05) is 13.8 Å². The lowest BCUT2D eigenvalue weighted by atomic mass is 9.96. The molecular formula is C19H26ClNO5. The molecule has 1 aromatic carbocycles. The number of rotatable bonds is 11. The van der Waals surface area contributed by atoms with E-state index in [0.29, 0.717) is 29.8 Å². The normalized spacial score (nSPS) is 12.9. The summed E-state index contributed by atoms with van der Waals surface area (Å²) in [5, 5.41) is 12.4. The van der Waals surface area contributed by atoms with Crippen LogP contribution in [0.3, 0.4) is 0 Å². The van der Waals surface area contributed by atoms with Crippen LogP contribution in [0.25, 0.3) is 0 Å². The molecule has 2 atom stereocenters. The van der Waals surface area contributed by atoms with Gasteiger partial charge in [0.2, 0.25) is 0 Å². The van der Waals surface area contributed by atoms with Gasteiger partial charge >= 0.3 is 12.1 Å². The quantitative estimate of drug-likeness (QED) is 0.598. The Hall–Kier alpha value is -2.08. The highest BCUT2D eigenvalue weighted by Crippen LogP contribution is 2.21. The van der Waals surface area contributed by atoms with E-state index >= 15 is 0 Å². The van der Waals surface area contributed by atoms with Gasteiger partial charge in [0.25, 0.3) is 0 Å². The summed E-state index contributed by atoms with van der Waals surface area (Å²) in [4.78, 5) is 35.3. The number of hydrogen-bond donors (Lipinski definition) is 2. The Morgan fingerprint density at radius 3 is 2.31 bits per heavy atom. The van der Waals surface area contributed by atoms with Gasteiger partial charge in [0.05, 0.1) is 5.92 Å². The number of ketones is 1. The predicted molar refractivity (Wildman–Crippen MR) is 99.5 cm³/mol. The number of benzene rings is 1. The zero-order chi connectivity index (χ0) is 19.5. The van der Waals surface area contributed by atoms with Gasteiger partial charge < -0.3 is 15.2 Å². The van der Waals surface area contributed by atoms with Crippen molar-refractivity contribution in [2.24, 2.45) is 0 Å². The summed E-state index contributed by atoms with van der Waals surface area (Å²) in [6, 6.07) is 6.56. The topological polar surface area (TPSA) is 92.7 Å². The Morgan fingerprint density at radius 2 is 1.77 bits per heavy atom. The third kappa shape index (κ3) is 7.44. The molecule has 2 unspecified atom stereocenters. The van der Waals surface area contributed by atoms with Crippen LogP contribution in [0.15, 0.2) is 24.3 Å². The average molecular weight is 384 g/mol. The van der Waals surface area contributed by atoms with Crippen molar-refractivity contribution in [2.75, 3.05) is 6.54 Å². The molecule has 0 aliphatic rings. The van der Waals surface area contributed by atoms with E-state index in [4.69, 9.17) is 16.3 Å². The van der Waals surface area contributed by atoms with Gasteiger partial charge in [-0.1, -0.05) is 44.0 Å². The smallest absolute Gasteiger partial charge is 0.407 e. The van der Waals surface area contributed by atoms with Crippen molar-refractivity contribution in [3.63, 3.8) is 0 Å². The van der Waals surface area contributed by atoms with Gasteiger partial charge in [0.15, 0.2) is 11.9 Å². The third-order valence-corrected chi connectivity index (χ3v) is 4.18. The van der Waals surface area contributed by atoms with Crippen molar-refractivity contribution in [2.45, 2.75) is 58.0 Å². The van der Waals surface area contributed by atoms with Crippen LogP contribution in [-0.4, -0.2) is 35.6 Å². The summed E-state index contributed by atoms with van der Waals surface area (Å²) < 4.78 is 5.20. The standard InChI is InChI=1S/C19H26ClNO5/c1-3-5-16(22)17(6-4-2)26-19(25)21-12-11-15(18(23)24)13-7-9-14(20)10-8-13/h7-10,15,17H,3-6,11-12H2,1-2H3,(H,21,25)(H,23,24). The van der Waals surface area contributed by atoms with Crippen molar-refractivity contribution in [3.05, 3.63) is 34.9 Å². The van der Waals surface area contributed by atoms with Crippen molar-refractivity contribution < 1.29 is 24.2 Å². The molecule has 0 heterocycles. The maximum Gasteiger partial charge on any atom is 0.407 e. The number of amides is 1. The fraction of sp³-hybridized carbons (Fsp3) is 0.526. The predicted octanol–water partition coefficient (Wildman–Crippen LogP) is 4.16. The van der Waals surface area contributed by atoms with Gasteiger partial charge in [-0.3, -0.25) is 9.59 Å². The lowest BCUT2D eigenvalue weighted by Crippen LogP contribution is -2.34. The number of aliphatic carboxylic acids is 1. The molecule has 0 aliphatic carbocycles. The Balaban J connectivity index is 2.55. The van der Waals surface area contributed by atoms with E-state index in [0.717, 1.165) is 6.42 Å². The molecule has 7 heteroatoms. The highest BCUT2D eigenvalue weighted by atomic mass is 35.5. The number of hydrogen-bond acceptors (Lipinski definition) is 4. The van der Waals surface area contributed by atoms with E-state index in [-0.39, 0.29) is 18.7 Å². The molecule has 6 nitrogen and oxygen atoms in total. The number of alkyl carbamates (subject to hydrolysis) is 1. The van der Waals surface area contributed by atoms with Gasteiger partial charge in [0.1, 0.15) is 0 Å². The zero-order valence-electron chi connectivity index (χ0n) is 15.2. The molecule has 1 amide bonds. The molecule has 0 radical (unpaired) electrons. The molecule has 0 saturated carbocycles. The summed E-state index contributed by atoms with van der Waals surface area (Å²) >= 11 is 5.82. The molecular weight excluding hydrogens is 358 g/mol. The molecule has 0 spiro atoms. The molecule has 1 aromatic rings. The van der Waals surface area contributed by atoms with Crippen LogP contribution in [0.1, 0.15) is 57.4 Å². The van der Waals surface area contributed by atoms with E-state index < -0.39 is 24.1 Å². The first-order valence-electron chi connectivity index (χ1n) is 8.84. The summed E-state index contributed by atoms with van der Waals surface area (Å²) in [5.74, 6) is -1.83. The third-order valence-electron chi connectivity index (χ3n) is 3.93. The van der Waals surface area contributed by atoms with Crippen molar-refractivity contribution in [1.82, 2.24) is 5.32 Å². The summed E-state index contributed by atoms with van der Waals surface area (Å²) in [6.45, 7) is 3.93. The number of halogens is 1. The number of carboxylic acids is 1. The van der Waals surface area contributed by atoms with E-state index in [2.05, 4.69) is 5.32 Å². The van der Waals surface area contributed by atoms with Crippen LogP contribution in [0.2, 0.25) is 5.02 Å². The lowest BCUT2D eigenvalue weighted by Gasteiger charge is -2.17. The largest absolute Gasteiger partial charge is 0.481 e. The number of ether oxygens (including phenoxy) is 1. The zero-order valence-corrected chi connectivity index (χ0v) is 15.9. The van der Waals surface area contributed by atoms with Gasteiger partial charge in [-0.2, -0.15) is 0 Å². The minimum absolute atomic E-state index is 0.0888. The molecule has 2 N–H and O–H groups in total. The van der Waals surface area contributed by atoms with E-state index in [9.17, 15) is 19.5 Å². The number of Topliss-reactive ketones (excluding diaryl/α,β-unsaturated/α-hetero) is 1. The Kier molecular flexibility index (Phi) is 9.73. The maximum atomic E-state index is 12.0. The van der Waals surface area contributed by atoms with Crippen LogP contribution >= 0.6 is 11.6 Å². The molecule has 0 aliphatic heterocycles. The molecule has 0 fully saturated rings. The summed E-state index contributed by atoms with van der Waals surface area (Å²) in [7, 11) is 0. The van der Waals surface area contributed by atoms with Gasteiger partial charge in [-0.25, -0.2) is 4.79 Å². The van der Waals surface area contributed by atoms with Gasteiger partial charge in [-0.05, 0) is 37.0 Å². The molecule has 0 saturated heterocycles. The summed E-state index contributed by atoms with van der Waals surface area (Å²) in [5.41, 5.74) is 0.610. The van der Waals surface area contributed by atoms with Gasteiger partial charge in [0, 0.05) is 18.0 Å². The highest BCUT2D eigenvalue weighted by molar-refractivity contribution is 6.30. The molecule has 26 heavy (non-hydrogen) atoms. The first-order valence-corrected chi connectivity index (χ1v) is 9.22. The second-order valence-corrected chi connectivity index (χ2v) is 6.49. The van der Waals surface area contributed by atoms with Crippen molar-refractivity contribution in [1.29, 1.82) is 0 Å². The van der Waals surface area contributed by atoms with Crippen LogP contribution in [0, 0.1) is 0 Å². The summed E-state index contributed by atoms with van der Waals surface area (Å²) in [6.07, 6.45) is 1.04. The Labute approximate surface area is 158 Å². The number of carbonyl (C=O) groups is 3. The Bertz CT molecular complexity index is 602. The van der Waals surface area contributed by atoms with Crippen LogP contribution in [-0.2, 0) is 14.3 Å². The molecule has 0 bridgehead atoms. The maximum absolute atomic E-state index is 12.0. The molecule has 144 valence electrons. The number of carbonyl (C=O) groups excluding carboxylic acids is 2. The van der Waals surface area contributed by atoms with Crippen molar-refractivity contribution in [3.8, 4) is 0 Å². The minimum Gasteiger partial charge on any atom is -0.481 e. The van der Waals surface area contributed by atoms with Gasteiger partial charge in [-0.15, -0.1) is 0 Å². The van der Waals surface area contributed by atoms with E-state index in [1.54, 1.807) is 24.3 Å². The molecule has 0 aromatic heterocycles. The fourth-order valence-corrected chi connectivity index (χ4v) is 2.70. The van der Waals surface area contributed by atoms with Crippen LogP contribution in [0.5, 0.6) is 0 Å². The highest BCUT2D eigenvalue weighted by Gasteiger charge is 2.23. The Morgan fingerprint density at radius 1 is 1.12 bits per heavy atom. The second kappa shape index (κ2) is 11.5. The number of nitrogens with one attached hydrogen (secondary N) is 1. The van der Waals surface area contributed by atoms with Crippen LogP contribution < -0.4 is 5.32 Å². The first-order chi connectivity index (χ1) is 12.4.